The van der Waals surface area contributed by atoms with Gasteiger partial charge in [0.1, 0.15) is 5.82 Å². The number of halogens is 1. The van der Waals surface area contributed by atoms with Crippen molar-refractivity contribution in [2.24, 2.45) is 0 Å². The lowest BCUT2D eigenvalue weighted by Gasteiger charge is -2.13. The van der Waals surface area contributed by atoms with E-state index in [1.807, 2.05) is 0 Å². The van der Waals surface area contributed by atoms with Gasteiger partial charge in [-0.3, -0.25) is 14.3 Å². The molecule has 3 aromatic carbocycles. The van der Waals surface area contributed by atoms with Crippen LogP contribution < -0.4 is 15.4 Å². The summed E-state index contributed by atoms with van der Waals surface area (Å²) in [5, 5.41) is 5.32. The fourth-order valence-corrected chi connectivity index (χ4v) is 4.35. The van der Waals surface area contributed by atoms with Crippen LogP contribution >= 0.6 is 0 Å². The predicted molar refractivity (Wildman–Crippen MR) is 121 cm³/mol. The van der Waals surface area contributed by atoms with Crippen LogP contribution in [0.15, 0.2) is 71.6 Å². The molecule has 0 atom stereocenters. The number of hydrogen-bond donors (Lipinski definition) is 3. The van der Waals surface area contributed by atoms with Crippen molar-refractivity contribution in [3.8, 4) is 0 Å². The first-order chi connectivity index (χ1) is 15.1. The molecule has 0 bridgehead atoms. The van der Waals surface area contributed by atoms with E-state index in [4.69, 9.17) is 0 Å². The summed E-state index contributed by atoms with van der Waals surface area (Å²) in [4.78, 5) is 23.4. The highest BCUT2D eigenvalue weighted by atomic mass is 32.2. The number of benzene rings is 3. The Balaban J connectivity index is 1.73. The molecule has 0 saturated carbocycles. The van der Waals surface area contributed by atoms with Crippen LogP contribution in [0.3, 0.4) is 0 Å². The second-order valence-electron chi connectivity index (χ2n) is 7.17. The number of anilines is 3. The van der Waals surface area contributed by atoms with Crippen molar-refractivity contribution in [3.05, 3.63) is 83.7 Å². The summed E-state index contributed by atoms with van der Waals surface area (Å²) in [5.41, 5.74) is 1.92. The molecule has 0 aromatic heterocycles. The number of rotatable bonds is 7. The van der Waals surface area contributed by atoms with Crippen LogP contribution in [0.1, 0.15) is 18.1 Å². The molecule has 2 amide bonds. The van der Waals surface area contributed by atoms with Gasteiger partial charge >= 0.3 is 0 Å². The predicted octanol–water partition coefficient (Wildman–Crippen LogP) is 4.07. The Morgan fingerprint density at radius 1 is 0.906 bits per heavy atom. The molecule has 7 nitrogen and oxygen atoms in total. The Hall–Kier alpha value is -3.72. The third-order valence-electron chi connectivity index (χ3n) is 4.52. The van der Waals surface area contributed by atoms with Crippen molar-refractivity contribution in [3.63, 3.8) is 0 Å². The van der Waals surface area contributed by atoms with Gasteiger partial charge in [0.25, 0.3) is 10.0 Å². The van der Waals surface area contributed by atoms with Gasteiger partial charge in [-0.05, 0) is 54.4 Å². The summed E-state index contributed by atoms with van der Waals surface area (Å²) >= 11 is 0. The molecule has 0 aliphatic heterocycles. The van der Waals surface area contributed by atoms with E-state index in [1.165, 1.54) is 31.2 Å². The highest BCUT2D eigenvalue weighted by molar-refractivity contribution is 7.92. The molecule has 0 saturated heterocycles. The minimum Gasteiger partial charge on any atom is -0.326 e. The summed E-state index contributed by atoms with van der Waals surface area (Å²) in [6.07, 6.45) is 0.0593. The number of aryl methyl sites for hydroxylation is 1. The summed E-state index contributed by atoms with van der Waals surface area (Å²) in [7, 11) is -4.07. The molecule has 0 fully saturated rings. The standard InChI is InChI=1S/C23H22FN3O4S/c1-15-7-10-19(14-22(15)32(30,31)27-21-6-4-3-5-20(21)24)26-23(29)13-17-8-11-18(12-9-17)25-16(2)28/h3-12,14,27H,13H2,1-2H3,(H,25,28)(H,26,29). The summed E-state index contributed by atoms with van der Waals surface area (Å²) < 4.78 is 41.7. The molecule has 3 rings (SSSR count). The van der Waals surface area contributed by atoms with Crippen LogP contribution in [0.5, 0.6) is 0 Å². The normalized spacial score (nSPS) is 11.0. The molecule has 0 unspecified atom stereocenters. The van der Waals surface area contributed by atoms with Crippen LogP contribution in [-0.4, -0.2) is 20.2 Å². The smallest absolute Gasteiger partial charge is 0.262 e. The SMILES string of the molecule is CC(=O)Nc1ccc(CC(=O)Nc2ccc(C)c(S(=O)(=O)Nc3ccccc3F)c2)cc1. The van der Waals surface area contributed by atoms with Gasteiger partial charge in [0.2, 0.25) is 11.8 Å². The van der Waals surface area contributed by atoms with E-state index < -0.39 is 15.8 Å². The maximum atomic E-state index is 13.9. The van der Waals surface area contributed by atoms with E-state index >= 15 is 0 Å². The lowest BCUT2D eigenvalue weighted by atomic mass is 10.1. The van der Waals surface area contributed by atoms with Gasteiger partial charge in [-0.25, -0.2) is 12.8 Å². The van der Waals surface area contributed by atoms with Gasteiger partial charge in [0.15, 0.2) is 0 Å². The van der Waals surface area contributed by atoms with Crippen molar-refractivity contribution >= 4 is 38.9 Å². The zero-order valence-corrected chi connectivity index (χ0v) is 18.3. The molecule has 0 heterocycles. The average Bonchev–Trinajstić information content (AvgIpc) is 2.72. The van der Waals surface area contributed by atoms with Crippen molar-refractivity contribution in [2.45, 2.75) is 25.2 Å². The summed E-state index contributed by atoms with van der Waals surface area (Å²) in [6.45, 7) is 3.02. The van der Waals surface area contributed by atoms with E-state index in [9.17, 15) is 22.4 Å². The highest BCUT2D eigenvalue weighted by Crippen LogP contribution is 2.24. The number of carbonyl (C=O) groups excluding carboxylic acids is 2. The first-order valence-corrected chi connectivity index (χ1v) is 11.2. The van der Waals surface area contributed by atoms with Gasteiger partial charge in [-0.2, -0.15) is 0 Å². The largest absolute Gasteiger partial charge is 0.326 e. The Morgan fingerprint density at radius 2 is 1.56 bits per heavy atom. The molecular weight excluding hydrogens is 433 g/mol. The second-order valence-corrected chi connectivity index (χ2v) is 8.82. The van der Waals surface area contributed by atoms with E-state index in [-0.39, 0.29) is 28.8 Å². The molecule has 0 aliphatic carbocycles. The highest BCUT2D eigenvalue weighted by Gasteiger charge is 2.19. The Kier molecular flexibility index (Phi) is 6.89. The molecule has 0 spiro atoms. The topological polar surface area (TPSA) is 104 Å². The van der Waals surface area contributed by atoms with Crippen LogP contribution in [0.4, 0.5) is 21.5 Å². The quantitative estimate of drug-likeness (QED) is 0.499. The number of hydrogen-bond acceptors (Lipinski definition) is 4. The number of amides is 2. The van der Waals surface area contributed by atoms with E-state index in [1.54, 1.807) is 43.3 Å². The fourth-order valence-electron chi connectivity index (χ4n) is 3.01. The first-order valence-electron chi connectivity index (χ1n) is 9.68. The van der Waals surface area contributed by atoms with Gasteiger partial charge in [-0.15, -0.1) is 0 Å². The van der Waals surface area contributed by atoms with Gasteiger partial charge in [0.05, 0.1) is 17.0 Å². The molecule has 9 heteroatoms. The maximum Gasteiger partial charge on any atom is 0.262 e. The fraction of sp³-hybridized carbons (Fsp3) is 0.130. The number of carbonyl (C=O) groups is 2. The lowest BCUT2D eigenvalue weighted by Crippen LogP contribution is -2.17. The van der Waals surface area contributed by atoms with Crippen LogP contribution in [-0.2, 0) is 26.0 Å². The third kappa shape index (κ3) is 5.92. The minimum atomic E-state index is -4.07. The Labute approximate surface area is 185 Å². The molecule has 166 valence electrons. The van der Waals surface area contributed by atoms with Crippen LogP contribution in [0.2, 0.25) is 0 Å². The zero-order valence-electron chi connectivity index (χ0n) is 17.5. The molecule has 3 N–H and O–H groups in total. The molecule has 32 heavy (non-hydrogen) atoms. The van der Waals surface area contributed by atoms with E-state index in [2.05, 4.69) is 15.4 Å². The first kappa shape index (κ1) is 23.0. The minimum absolute atomic E-state index is 0.0593. The van der Waals surface area contributed by atoms with Crippen molar-refractivity contribution in [2.75, 3.05) is 15.4 Å². The van der Waals surface area contributed by atoms with Crippen molar-refractivity contribution in [1.82, 2.24) is 0 Å². The van der Waals surface area contributed by atoms with Crippen LogP contribution in [0, 0.1) is 12.7 Å². The molecule has 0 radical (unpaired) electrons. The lowest BCUT2D eigenvalue weighted by molar-refractivity contribution is -0.116. The van der Waals surface area contributed by atoms with Crippen molar-refractivity contribution < 1.29 is 22.4 Å². The van der Waals surface area contributed by atoms with Gasteiger partial charge in [0, 0.05) is 18.3 Å². The molecule has 3 aromatic rings. The summed E-state index contributed by atoms with van der Waals surface area (Å²) in [6, 6.07) is 16.8. The monoisotopic (exact) mass is 455 g/mol. The van der Waals surface area contributed by atoms with Crippen LogP contribution in [0.25, 0.3) is 0 Å². The second kappa shape index (κ2) is 9.61. The Bertz CT molecular complexity index is 1260. The maximum absolute atomic E-state index is 13.9. The zero-order chi connectivity index (χ0) is 23.3. The number of para-hydroxylation sites is 1. The number of sulfonamides is 1. The number of nitrogens with one attached hydrogen (secondary N) is 3. The molecular formula is C23H22FN3O4S. The average molecular weight is 456 g/mol. The Morgan fingerprint density at radius 3 is 2.22 bits per heavy atom. The molecule has 0 aliphatic rings. The van der Waals surface area contributed by atoms with Gasteiger partial charge in [-0.1, -0.05) is 30.3 Å². The third-order valence-corrected chi connectivity index (χ3v) is 6.03. The van der Waals surface area contributed by atoms with E-state index in [0.717, 1.165) is 11.6 Å². The summed E-state index contributed by atoms with van der Waals surface area (Å²) in [5.74, 6) is -1.22. The van der Waals surface area contributed by atoms with Crippen molar-refractivity contribution in [1.29, 1.82) is 0 Å². The van der Waals surface area contributed by atoms with E-state index in [0.29, 0.717) is 16.9 Å². The van der Waals surface area contributed by atoms with Gasteiger partial charge < -0.3 is 10.6 Å².